The lowest BCUT2D eigenvalue weighted by Crippen LogP contribution is -2.14. The van der Waals surface area contributed by atoms with Crippen LogP contribution in [0.3, 0.4) is 0 Å². The number of nitrogens with zero attached hydrogens (tertiary/aromatic N) is 3. The summed E-state index contributed by atoms with van der Waals surface area (Å²) in [5.74, 6) is 1.85. The van der Waals surface area contributed by atoms with Crippen LogP contribution in [0.25, 0.3) is 0 Å². The predicted octanol–water partition coefficient (Wildman–Crippen LogP) is 1.13. The van der Waals surface area contributed by atoms with Gasteiger partial charge in [-0.1, -0.05) is 13.8 Å². The van der Waals surface area contributed by atoms with Gasteiger partial charge in [0, 0.05) is 13.7 Å². The molecule has 86 valence electrons. The summed E-state index contributed by atoms with van der Waals surface area (Å²) in [7, 11) is 1.64. The van der Waals surface area contributed by atoms with Gasteiger partial charge in [0.2, 0.25) is 0 Å². The molecule has 0 radical (unpaired) electrons. The SMILES string of the molecule is COC(C)c1nnc(CO)n1CC(C)C. The van der Waals surface area contributed by atoms with Crippen LogP contribution in [0, 0.1) is 5.92 Å². The molecule has 0 amide bonds. The summed E-state index contributed by atoms with van der Waals surface area (Å²) < 4.78 is 7.14. The van der Waals surface area contributed by atoms with Crippen molar-refractivity contribution in [1.29, 1.82) is 0 Å². The Morgan fingerprint density at radius 2 is 2.00 bits per heavy atom. The van der Waals surface area contributed by atoms with Gasteiger partial charge in [-0.05, 0) is 12.8 Å². The molecule has 1 unspecified atom stereocenters. The molecule has 0 fully saturated rings. The quantitative estimate of drug-likeness (QED) is 0.796. The average molecular weight is 213 g/mol. The molecule has 1 aromatic heterocycles. The van der Waals surface area contributed by atoms with Crippen LogP contribution in [0.15, 0.2) is 0 Å². The highest BCUT2D eigenvalue weighted by Crippen LogP contribution is 2.16. The van der Waals surface area contributed by atoms with Crippen LogP contribution in [0.1, 0.15) is 38.5 Å². The smallest absolute Gasteiger partial charge is 0.162 e. The van der Waals surface area contributed by atoms with E-state index in [2.05, 4.69) is 24.0 Å². The van der Waals surface area contributed by atoms with E-state index in [0.29, 0.717) is 11.7 Å². The summed E-state index contributed by atoms with van der Waals surface area (Å²) >= 11 is 0. The van der Waals surface area contributed by atoms with E-state index in [4.69, 9.17) is 9.84 Å². The first-order chi connectivity index (χ1) is 7.10. The van der Waals surface area contributed by atoms with Gasteiger partial charge in [-0.15, -0.1) is 10.2 Å². The maximum atomic E-state index is 9.13. The Morgan fingerprint density at radius 1 is 1.33 bits per heavy atom. The summed E-state index contributed by atoms with van der Waals surface area (Å²) in [6, 6.07) is 0. The summed E-state index contributed by atoms with van der Waals surface area (Å²) in [4.78, 5) is 0. The molecule has 1 N–H and O–H groups in total. The first-order valence-electron chi connectivity index (χ1n) is 5.15. The monoisotopic (exact) mass is 213 g/mol. The second-order valence-corrected chi connectivity index (χ2v) is 4.01. The number of aliphatic hydroxyl groups excluding tert-OH is 1. The van der Waals surface area contributed by atoms with Crippen LogP contribution < -0.4 is 0 Å². The highest BCUT2D eigenvalue weighted by molar-refractivity contribution is 4.98. The summed E-state index contributed by atoms with van der Waals surface area (Å²) in [6.07, 6.45) is -0.100. The largest absolute Gasteiger partial charge is 0.388 e. The van der Waals surface area contributed by atoms with Gasteiger partial charge in [0.25, 0.3) is 0 Å². The van der Waals surface area contributed by atoms with Crippen LogP contribution >= 0.6 is 0 Å². The van der Waals surface area contributed by atoms with Crippen LogP contribution in [0.5, 0.6) is 0 Å². The molecule has 1 atom stereocenters. The van der Waals surface area contributed by atoms with Gasteiger partial charge in [0.05, 0.1) is 0 Å². The molecule has 0 aliphatic heterocycles. The molecule has 1 heterocycles. The lowest BCUT2D eigenvalue weighted by Gasteiger charge is -2.14. The van der Waals surface area contributed by atoms with Crippen molar-refractivity contribution in [3.8, 4) is 0 Å². The number of ether oxygens (including phenoxy) is 1. The molecular weight excluding hydrogens is 194 g/mol. The van der Waals surface area contributed by atoms with Crippen LogP contribution in [0.2, 0.25) is 0 Å². The lowest BCUT2D eigenvalue weighted by molar-refractivity contribution is 0.107. The fourth-order valence-corrected chi connectivity index (χ4v) is 1.44. The van der Waals surface area contributed by atoms with E-state index < -0.39 is 0 Å². The Kier molecular flexibility index (Phi) is 4.23. The number of hydrogen-bond acceptors (Lipinski definition) is 4. The van der Waals surface area contributed by atoms with Gasteiger partial charge in [0.1, 0.15) is 12.7 Å². The van der Waals surface area contributed by atoms with Crippen molar-refractivity contribution in [2.75, 3.05) is 7.11 Å². The first kappa shape index (κ1) is 12.1. The maximum absolute atomic E-state index is 9.13. The zero-order chi connectivity index (χ0) is 11.4. The molecule has 15 heavy (non-hydrogen) atoms. The zero-order valence-corrected chi connectivity index (χ0v) is 9.77. The predicted molar refractivity (Wildman–Crippen MR) is 56.2 cm³/mol. The topological polar surface area (TPSA) is 60.2 Å². The van der Waals surface area contributed by atoms with Crippen molar-refractivity contribution in [2.24, 2.45) is 5.92 Å². The molecule has 0 aromatic carbocycles. The van der Waals surface area contributed by atoms with Gasteiger partial charge >= 0.3 is 0 Å². The number of methoxy groups -OCH3 is 1. The lowest BCUT2D eigenvalue weighted by atomic mass is 10.2. The third-order valence-corrected chi connectivity index (χ3v) is 2.26. The molecule has 0 bridgehead atoms. The van der Waals surface area contributed by atoms with Gasteiger partial charge in [0.15, 0.2) is 11.6 Å². The molecule has 0 saturated heterocycles. The summed E-state index contributed by atoms with van der Waals surface area (Å²) in [6.45, 7) is 6.86. The minimum atomic E-state index is -0.100. The Labute approximate surface area is 90.1 Å². The number of aromatic nitrogens is 3. The third kappa shape index (κ3) is 2.76. The first-order valence-corrected chi connectivity index (χ1v) is 5.15. The molecule has 0 saturated carbocycles. The Balaban J connectivity index is 2.99. The van der Waals surface area contributed by atoms with Crippen molar-refractivity contribution >= 4 is 0 Å². The van der Waals surface area contributed by atoms with Crippen LogP contribution in [-0.4, -0.2) is 27.0 Å². The number of rotatable bonds is 5. The second-order valence-electron chi connectivity index (χ2n) is 4.01. The summed E-state index contributed by atoms with van der Waals surface area (Å²) in [5, 5.41) is 17.1. The van der Waals surface area contributed by atoms with Crippen LogP contribution in [0.4, 0.5) is 0 Å². The van der Waals surface area contributed by atoms with E-state index in [0.717, 1.165) is 12.4 Å². The van der Waals surface area contributed by atoms with Crippen molar-refractivity contribution in [2.45, 2.75) is 40.0 Å². The normalized spacial score (nSPS) is 13.5. The van der Waals surface area contributed by atoms with E-state index in [9.17, 15) is 0 Å². The van der Waals surface area contributed by atoms with Crippen molar-refractivity contribution in [1.82, 2.24) is 14.8 Å². The molecule has 0 spiro atoms. The van der Waals surface area contributed by atoms with Crippen LogP contribution in [-0.2, 0) is 17.9 Å². The highest BCUT2D eigenvalue weighted by atomic mass is 16.5. The van der Waals surface area contributed by atoms with E-state index in [1.165, 1.54) is 0 Å². The molecular formula is C10H19N3O2. The second kappa shape index (κ2) is 5.23. The maximum Gasteiger partial charge on any atom is 0.162 e. The minimum Gasteiger partial charge on any atom is -0.388 e. The minimum absolute atomic E-state index is 0.0871. The van der Waals surface area contributed by atoms with Crippen molar-refractivity contribution in [3.05, 3.63) is 11.6 Å². The van der Waals surface area contributed by atoms with Gasteiger partial charge in [-0.25, -0.2) is 0 Å². The van der Waals surface area contributed by atoms with E-state index in [-0.39, 0.29) is 12.7 Å². The standard InChI is InChI=1S/C10H19N3O2/c1-7(2)5-13-9(6-14)11-12-10(13)8(3)15-4/h7-8,14H,5-6H2,1-4H3. The Hall–Kier alpha value is -0.940. The average Bonchev–Trinajstić information content (AvgIpc) is 2.59. The van der Waals surface area contributed by atoms with E-state index in [1.807, 2.05) is 11.5 Å². The van der Waals surface area contributed by atoms with Crippen molar-refractivity contribution in [3.63, 3.8) is 0 Å². The highest BCUT2D eigenvalue weighted by Gasteiger charge is 2.17. The van der Waals surface area contributed by atoms with E-state index in [1.54, 1.807) is 7.11 Å². The molecule has 0 aliphatic carbocycles. The third-order valence-electron chi connectivity index (χ3n) is 2.26. The van der Waals surface area contributed by atoms with Gasteiger partial charge in [-0.2, -0.15) is 0 Å². The fraction of sp³-hybridized carbons (Fsp3) is 0.800. The molecule has 1 rings (SSSR count). The molecule has 5 nitrogen and oxygen atoms in total. The molecule has 1 aromatic rings. The molecule has 5 heteroatoms. The summed E-state index contributed by atoms with van der Waals surface area (Å²) in [5.41, 5.74) is 0. The Bertz CT molecular complexity index is 310. The van der Waals surface area contributed by atoms with E-state index >= 15 is 0 Å². The molecule has 0 aliphatic rings. The fourth-order valence-electron chi connectivity index (χ4n) is 1.44. The number of hydrogen-bond donors (Lipinski definition) is 1. The van der Waals surface area contributed by atoms with Gasteiger partial charge < -0.3 is 14.4 Å². The van der Waals surface area contributed by atoms with Crippen molar-refractivity contribution < 1.29 is 9.84 Å². The zero-order valence-electron chi connectivity index (χ0n) is 9.77. The number of aliphatic hydroxyl groups is 1. The Morgan fingerprint density at radius 3 is 2.47 bits per heavy atom. The van der Waals surface area contributed by atoms with Gasteiger partial charge in [-0.3, -0.25) is 0 Å².